The summed E-state index contributed by atoms with van der Waals surface area (Å²) in [6.07, 6.45) is 0.00626. The second-order valence-electron chi connectivity index (χ2n) is 12.2. The minimum Gasteiger partial charge on any atom is -0.480 e. The third-order valence-electron chi connectivity index (χ3n) is 8.23. The maximum atomic E-state index is 14.0. The van der Waals surface area contributed by atoms with E-state index in [0.717, 1.165) is 21.9 Å². The molecule has 0 aliphatic carbocycles. The van der Waals surface area contributed by atoms with Crippen LogP contribution in [0.2, 0.25) is 0 Å². The number of amides is 3. The van der Waals surface area contributed by atoms with Gasteiger partial charge in [0.15, 0.2) is 0 Å². The molecule has 0 saturated heterocycles. The predicted molar refractivity (Wildman–Crippen MR) is 194 cm³/mol. The normalized spacial score (nSPS) is 13.0. The molecular weight excluding hydrogens is 685 g/mol. The van der Waals surface area contributed by atoms with E-state index in [1.165, 1.54) is 24.3 Å². The van der Waals surface area contributed by atoms with Crippen molar-refractivity contribution in [3.8, 4) is 5.75 Å². The van der Waals surface area contributed by atoms with Crippen molar-refractivity contribution in [1.29, 1.82) is 0 Å². The van der Waals surface area contributed by atoms with E-state index in [4.69, 9.17) is 9.79 Å². The maximum Gasteiger partial charge on any atom is 0.524 e. The maximum absolute atomic E-state index is 14.0. The van der Waals surface area contributed by atoms with Crippen LogP contribution in [0.5, 0.6) is 5.75 Å². The Morgan fingerprint density at radius 2 is 1.02 bits per heavy atom. The van der Waals surface area contributed by atoms with E-state index in [2.05, 4.69) is 20.5 Å². The molecule has 0 bridgehead atoms. The van der Waals surface area contributed by atoms with Gasteiger partial charge in [0.1, 0.15) is 23.9 Å². The molecule has 3 atom stereocenters. The van der Waals surface area contributed by atoms with E-state index in [0.29, 0.717) is 11.1 Å². The van der Waals surface area contributed by atoms with Gasteiger partial charge >= 0.3 is 13.8 Å². The van der Waals surface area contributed by atoms with Gasteiger partial charge in [-0.05, 0) is 45.2 Å². The minimum absolute atomic E-state index is 0.0179. The fraction of sp³-hybridized carbons (Fsp3) is 0.179. The Bertz CT molecular complexity index is 2050. The summed E-state index contributed by atoms with van der Waals surface area (Å²) >= 11 is 0. The van der Waals surface area contributed by atoms with Crippen LogP contribution in [0.4, 0.5) is 0 Å². The summed E-state index contributed by atoms with van der Waals surface area (Å²) in [5, 5.41) is 20.1. The van der Waals surface area contributed by atoms with Crippen molar-refractivity contribution in [3.63, 3.8) is 0 Å². The molecule has 0 fully saturated rings. The highest BCUT2D eigenvalue weighted by molar-refractivity contribution is 7.46. The lowest BCUT2D eigenvalue weighted by molar-refractivity contribution is -0.142. The molecule has 52 heavy (non-hydrogen) atoms. The van der Waals surface area contributed by atoms with Gasteiger partial charge in [0.2, 0.25) is 17.7 Å². The predicted octanol–water partition coefficient (Wildman–Crippen LogP) is 4.12. The third kappa shape index (κ3) is 11.4. The summed E-state index contributed by atoms with van der Waals surface area (Å²) in [4.78, 5) is 71.4. The van der Waals surface area contributed by atoms with Crippen molar-refractivity contribution in [2.75, 3.05) is 0 Å². The van der Waals surface area contributed by atoms with Crippen molar-refractivity contribution in [2.45, 2.75) is 43.8 Å². The Balaban J connectivity index is 1.33. The Labute approximate surface area is 300 Å². The molecule has 5 aromatic carbocycles. The molecule has 0 heterocycles. The highest BCUT2D eigenvalue weighted by atomic mass is 31.2. The number of phosphoric ester groups is 1. The standard InChI is InChI=1S/C39H38N3O9P/c43-36(25-29-15-18-30-13-7-8-14-31(30)21-29)40-33(22-26-9-3-1-4-10-26)37(44)41-34(23-27-11-5-2-6-12-27)38(45)42-35(39(46)47)24-28-16-19-32(20-17-28)51-52(48,49)50/h1-21,33-35H,22-25H2,(H,40,43)(H,41,44)(H,42,45)(H,46,47)(H2,48,49,50)/t33-,34+,35-/m1/s1. The lowest BCUT2D eigenvalue weighted by Gasteiger charge is -2.25. The first kappa shape index (κ1) is 37.4. The summed E-state index contributed by atoms with van der Waals surface area (Å²) in [6.45, 7) is 0. The Morgan fingerprint density at radius 1 is 0.558 bits per heavy atom. The van der Waals surface area contributed by atoms with E-state index in [-0.39, 0.29) is 31.4 Å². The smallest absolute Gasteiger partial charge is 0.480 e. The fourth-order valence-electron chi connectivity index (χ4n) is 5.70. The van der Waals surface area contributed by atoms with Gasteiger partial charge in [0.25, 0.3) is 0 Å². The van der Waals surface area contributed by atoms with Crippen molar-refractivity contribution < 1.29 is 43.2 Å². The number of aliphatic carboxylic acids is 1. The van der Waals surface area contributed by atoms with Crippen molar-refractivity contribution >= 4 is 42.3 Å². The minimum atomic E-state index is -4.79. The molecule has 0 radical (unpaired) electrons. The number of benzene rings is 5. The van der Waals surface area contributed by atoms with Crippen LogP contribution in [0.25, 0.3) is 10.8 Å². The molecule has 0 spiro atoms. The molecule has 268 valence electrons. The Hall–Kier alpha value is -5.81. The summed E-state index contributed by atoms with van der Waals surface area (Å²) < 4.78 is 15.7. The Kier molecular flexibility index (Phi) is 12.5. The third-order valence-corrected chi connectivity index (χ3v) is 8.68. The summed E-state index contributed by atoms with van der Waals surface area (Å²) in [6, 6.07) is 33.2. The molecule has 0 aliphatic heterocycles. The number of hydrogen-bond donors (Lipinski definition) is 6. The van der Waals surface area contributed by atoms with Gasteiger partial charge in [-0.25, -0.2) is 9.36 Å². The van der Waals surface area contributed by atoms with Crippen molar-refractivity contribution in [2.24, 2.45) is 0 Å². The highest BCUT2D eigenvalue weighted by Gasteiger charge is 2.30. The number of carbonyl (C=O) groups is 4. The van der Waals surface area contributed by atoms with E-state index in [9.17, 15) is 28.8 Å². The largest absolute Gasteiger partial charge is 0.524 e. The quantitative estimate of drug-likeness (QED) is 0.0814. The van der Waals surface area contributed by atoms with E-state index in [1.54, 1.807) is 30.3 Å². The highest BCUT2D eigenvalue weighted by Crippen LogP contribution is 2.37. The van der Waals surface area contributed by atoms with Crippen molar-refractivity contribution in [3.05, 3.63) is 150 Å². The van der Waals surface area contributed by atoms with Gasteiger partial charge < -0.3 is 25.6 Å². The monoisotopic (exact) mass is 723 g/mol. The summed E-state index contributed by atoms with van der Waals surface area (Å²) in [5.74, 6) is -3.23. The molecular formula is C39H38N3O9P. The van der Waals surface area contributed by atoms with Crippen LogP contribution in [-0.4, -0.2) is 56.7 Å². The fourth-order valence-corrected chi connectivity index (χ4v) is 6.10. The van der Waals surface area contributed by atoms with Crippen LogP contribution in [0.1, 0.15) is 22.3 Å². The van der Waals surface area contributed by atoms with Crippen LogP contribution in [0.15, 0.2) is 127 Å². The summed E-state index contributed by atoms with van der Waals surface area (Å²) in [7, 11) is -4.79. The molecule has 5 rings (SSSR count). The van der Waals surface area contributed by atoms with Gasteiger partial charge in [-0.15, -0.1) is 0 Å². The SMILES string of the molecule is O=C(Cc1ccc2ccccc2c1)N[C@H](Cc1ccccc1)C(=O)N[C@@H](Cc1ccccc1)C(=O)N[C@H](Cc1ccc(OP(=O)(O)O)cc1)C(=O)O. The topological polar surface area (TPSA) is 191 Å². The molecule has 12 nitrogen and oxygen atoms in total. The number of carbonyl (C=O) groups excluding carboxylic acids is 3. The second-order valence-corrected chi connectivity index (χ2v) is 13.4. The van der Waals surface area contributed by atoms with Crippen LogP contribution < -0.4 is 20.5 Å². The average molecular weight is 724 g/mol. The van der Waals surface area contributed by atoms with E-state index in [1.807, 2.05) is 72.8 Å². The number of nitrogens with one attached hydrogen (secondary N) is 3. The zero-order valence-corrected chi connectivity index (χ0v) is 28.8. The second kappa shape index (κ2) is 17.4. The van der Waals surface area contributed by atoms with Crippen molar-refractivity contribution in [1.82, 2.24) is 16.0 Å². The lowest BCUT2D eigenvalue weighted by atomic mass is 10.0. The van der Waals surface area contributed by atoms with Gasteiger partial charge in [-0.3, -0.25) is 24.2 Å². The van der Waals surface area contributed by atoms with Gasteiger partial charge in [0.05, 0.1) is 6.42 Å². The number of hydrogen-bond acceptors (Lipinski definition) is 6. The Morgan fingerprint density at radius 3 is 1.58 bits per heavy atom. The first-order valence-electron chi connectivity index (χ1n) is 16.4. The molecule has 6 N–H and O–H groups in total. The molecule has 0 aromatic heterocycles. The molecule has 0 aliphatic rings. The van der Waals surface area contributed by atoms with Gasteiger partial charge in [-0.1, -0.05) is 115 Å². The molecule has 5 aromatic rings. The first-order chi connectivity index (χ1) is 24.9. The van der Waals surface area contributed by atoms with Crippen LogP contribution in [0.3, 0.4) is 0 Å². The number of phosphoric acid groups is 1. The summed E-state index contributed by atoms with van der Waals surface area (Å²) in [5.41, 5.74) is 2.68. The van der Waals surface area contributed by atoms with E-state index < -0.39 is 49.6 Å². The van der Waals surface area contributed by atoms with Crippen LogP contribution in [-0.2, 0) is 49.4 Å². The zero-order chi connectivity index (χ0) is 37.1. The van der Waals surface area contributed by atoms with Crippen LogP contribution in [0, 0.1) is 0 Å². The van der Waals surface area contributed by atoms with Gasteiger partial charge in [-0.2, -0.15) is 0 Å². The molecule has 3 amide bonds. The lowest BCUT2D eigenvalue weighted by Crippen LogP contribution is -2.57. The number of carboxylic acids is 1. The van der Waals surface area contributed by atoms with E-state index >= 15 is 0 Å². The van der Waals surface area contributed by atoms with Gasteiger partial charge in [0, 0.05) is 19.3 Å². The number of carboxylic acid groups (broad SMARTS) is 1. The molecule has 0 saturated carbocycles. The zero-order valence-electron chi connectivity index (χ0n) is 27.9. The first-order valence-corrected chi connectivity index (χ1v) is 18.0. The molecule has 13 heteroatoms. The van der Waals surface area contributed by atoms with Crippen LogP contribution >= 0.6 is 7.82 Å². The average Bonchev–Trinajstić information content (AvgIpc) is 3.11. The number of fused-ring (bicyclic) bond motifs is 1. The molecule has 0 unspecified atom stereocenters. The number of rotatable bonds is 16.